The normalized spacial score (nSPS) is 11.0. The van der Waals surface area contributed by atoms with E-state index in [2.05, 4.69) is 10.0 Å². The van der Waals surface area contributed by atoms with Gasteiger partial charge in [0.25, 0.3) is 5.69 Å². The van der Waals surface area contributed by atoms with Gasteiger partial charge in [-0.3, -0.25) is 10.1 Å². The van der Waals surface area contributed by atoms with E-state index in [9.17, 15) is 18.5 Å². The zero-order valence-electron chi connectivity index (χ0n) is 14.5. The molecular formula is C16H19N3O6S. The van der Waals surface area contributed by atoms with E-state index in [-0.39, 0.29) is 22.8 Å². The van der Waals surface area contributed by atoms with Crippen molar-refractivity contribution < 1.29 is 22.8 Å². The highest BCUT2D eigenvalue weighted by molar-refractivity contribution is 7.89. The van der Waals surface area contributed by atoms with Gasteiger partial charge in [-0.25, -0.2) is 13.1 Å². The molecule has 2 rings (SSSR count). The van der Waals surface area contributed by atoms with Crippen molar-refractivity contribution in [1.82, 2.24) is 4.72 Å². The van der Waals surface area contributed by atoms with Gasteiger partial charge in [0, 0.05) is 18.2 Å². The Hall–Kier alpha value is -2.85. The molecule has 0 radical (unpaired) electrons. The first kappa shape index (κ1) is 19.5. The largest absolute Gasteiger partial charge is 0.497 e. The molecule has 9 nitrogen and oxygen atoms in total. The summed E-state index contributed by atoms with van der Waals surface area (Å²) in [5.74, 6) is 1.21. The van der Waals surface area contributed by atoms with Crippen LogP contribution in [0.15, 0.2) is 41.3 Å². The summed E-state index contributed by atoms with van der Waals surface area (Å²) in [6, 6.07) is 8.88. The molecule has 0 aromatic heterocycles. The zero-order valence-corrected chi connectivity index (χ0v) is 15.3. The molecule has 0 unspecified atom stereocenters. The van der Waals surface area contributed by atoms with Gasteiger partial charge in [0.05, 0.1) is 24.0 Å². The number of ether oxygens (including phenoxy) is 2. The number of methoxy groups -OCH3 is 2. The number of nitro benzene ring substituents is 1. The van der Waals surface area contributed by atoms with Crippen LogP contribution in [-0.4, -0.2) is 34.6 Å². The van der Waals surface area contributed by atoms with Gasteiger partial charge < -0.3 is 14.8 Å². The first-order chi connectivity index (χ1) is 12.3. The number of anilines is 1. The number of rotatable bonds is 8. The van der Waals surface area contributed by atoms with Crippen LogP contribution in [0.5, 0.6) is 11.5 Å². The van der Waals surface area contributed by atoms with Crippen molar-refractivity contribution in [3.63, 3.8) is 0 Å². The minimum atomic E-state index is -3.78. The summed E-state index contributed by atoms with van der Waals surface area (Å²) >= 11 is 0. The lowest BCUT2D eigenvalue weighted by Crippen LogP contribution is -2.18. The molecule has 0 aliphatic heterocycles. The van der Waals surface area contributed by atoms with Gasteiger partial charge in [-0.1, -0.05) is 0 Å². The van der Waals surface area contributed by atoms with Gasteiger partial charge in [-0.2, -0.15) is 0 Å². The van der Waals surface area contributed by atoms with Crippen LogP contribution in [0.2, 0.25) is 0 Å². The Morgan fingerprint density at radius 1 is 1.12 bits per heavy atom. The van der Waals surface area contributed by atoms with Crippen molar-refractivity contribution in [1.29, 1.82) is 0 Å². The fourth-order valence-electron chi connectivity index (χ4n) is 2.31. The van der Waals surface area contributed by atoms with Gasteiger partial charge in [0.2, 0.25) is 10.0 Å². The molecule has 0 atom stereocenters. The summed E-state index contributed by atoms with van der Waals surface area (Å²) in [5, 5.41) is 14.3. The molecule has 0 heterocycles. The van der Waals surface area contributed by atoms with Crippen molar-refractivity contribution in [2.45, 2.75) is 11.4 Å². The molecule has 0 fully saturated rings. The molecule has 2 N–H and O–H groups in total. The third kappa shape index (κ3) is 4.21. The summed E-state index contributed by atoms with van der Waals surface area (Å²) in [7, 11) is 0.514. The molecule has 0 aliphatic carbocycles. The number of hydrogen-bond donors (Lipinski definition) is 2. The highest BCUT2D eigenvalue weighted by Crippen LogP contribution is 2.30. The van der Waals surface area contributed by atoms with Gasteiger partial charge in [-0.05, 0) is 37.4 Å². The van der Waals surface area contributed by atoms with Gasteiger partial charge in [0.15, 0.2) is 0 Å². The smallest absolute Gasteiger partial charge is 0.293 e. The molecule has 0 spiro atoms. The highest BCUT2D eigenvalue weighted by Gasteiger charge is 2.20. The average molecular weight is 381 g/mol. The second-order valence-electron chi connectivity index (χ2n) is 5.17. The number of nitrogens with zero attached hydrogens (tertiary/aromatic N) is 1. The quantitative estimate of drug-likeness (QED) is 0.531. The monoisotopic (exact) mass is 381 g/mol. The van der Waals surface area contributed by atoms with Gasteiger partial charge in [-0.15, -0.1) is 0 Å². The van der Waals surface area contributed by atoms with E-state index in [1.54, 1.807) is 18.2 Å². The summed E-state index contributed by atoms with van der Waals surface area (Å²) < 4.78 is 36.2. The van der Waals surface area contributed by atoms with E-state index < -0.39 is 14.9 Å². The first-order valence-electron chi connectivity index (χ1n) is 7.49. The molecule has 0 aliphatic rings. The third-order valence-electron chi connectivity index (χ3n) is 3.70. The predicted octanol–water partition coefficient (Wildman–Crippen LogP) is 2.13. The van der Waals surface area contributed by atoms with E-state index in [1.165, 1.54) is 33.4 Å². The predicted molar refractivity (Wildman–Crippen MR) is 96.2 cm³/mol. The number of benzene rings is 2. The second-order valence-corrected chi connectivity index (χ2v) is 7.06. The molecule has 2 aromatic rings. The molecule has 140 valence electrons. The SMILES string of the molecule is CNS(=O)(=O)c1ccc(NCc2cc(OC)ccc2OC)c([N+](=O)[O-])c1. The van der Waals surface area contributed by atoms with Crippen molar-refractivity contribution in [3.05, 3.63) is 52.1 Å². The molecule has 0 saturated carbocycles. The zero-order chi connectivity index (χ0) is 19.3. The molecule has 10 heteroatoms. The molecule has 26 heavy (non-hydrogen) atoms. The van der Waals surface area contributed by atoms with Gasteiger partial charge >= 0.3 is 0 Å². The number of hydrogen-bond acceptors (Lipinski definition) is 7. The van der Waals surface area contributed by atoms with Crippen LogP contribution in [0.25, 0.3) is 0 Å². The van der Waals surface area contributed by atoms with Crippen molar-refractivity contribution >= 4 is 21.4 Å². The Morgan fingerprint density at radius 2 is 1.85 bits per heavy atom. The van der Waals surface area contributed by atoms with Crippen LogP contribution in [-0.2, 0) is 16.6 Å². The maximum absolute atomic E-state index is 11.8. The van der Waals surface area contributed by atoms with Gasteiger partial charge in [0.1, 0.15) is 17.2 Å². The van der Waals surface area contributed by atoms with Crippen LogP contribution in [0.1, 0.15) is 5.56 Å². The number of sulfonamides is 1. The topological polar surface area (TPSA) is 120 Å². The van der Waals surface area contributed by atoms with E-state index in [1.807, 2.05) is 0 Å². The maximum Gasteiger partial charge on any atom is 0.293 e. The highest BCUT2D eigenvalue weighted by atomic mass is 32.2. The Kier molecular flexibility index (Phi) is 6.01. The van der Waals surface area contributed by atoms with E-state index in [4.69, 9.17) is 9.47 Å². The number of nitrogens with one attached hydrogen (secondary N) is 2. The summed E-state index contributed by atoms with van der Waals surface area (Å²) in [4.78, 5) is 10.5. The number of nitro groups is 1. The molecule has 0 saturated heterocycles. The summed E-state index contributed by atoms with van der Waals surface area (Å²) in [6.45, 7) is 0.222. The van der Waals surface area contributed by atoms with E-state index in [0.717, 1.165) is 11.6 Å². The lowest BCUT2D eigenvalue weighted by Gasteiger charge is -2.13. The fraction of sp³-hybridized carbons (Fsp3) is 0.250. The Balaban J connectivity index is 2.34. The van der Waals surface area contributed by atoms with Crippen LogP contribution >= 0.6 is 0 Å². The molecule has 0 bridgehead atoms. The average Bonchev–Trinajstić information content (AvgIpc) is 2.65. The first-order valence-corrected chi connectivity index (χ1v) is 8.97. The van der Waals surface area contributed by atoms with Crippen LogP contribution in [0.4, 0.5) is 11.4 Å². The fourth-order valence-corrected chi connectivity index (χ4v) is 3.06. The molecule has 2 aromatic carbocycles. The maximum atomic E-state index is 11.8. The van der Waals surface area contributed by atoms with Crippen molar-refractivity contribution in [3.8, 4) is 11.5 Å². The Bertz CT molecular complexity index is 914. The Labute approximate surface area is 151 Å². The van der Waals surface area contributed by atoms with Crippen LogP contribution in [0.3, 0.4) is 0 Å². The summed E-state index contributed by atoms with van der Waals surface area (Å²) in [6.07, 6.45) is 0. The molecular weight excluding hydrogens is 362 g/mol. The van der Waals surface area contributed by atoms with Crippen LogP contribution < -0.4 is 19.5 Å². The minimum absolute atomic E-state index is 0.184. The minimum Gasteiger partial charge on any atom is -0.497 e. The lowest BCUT2D eigenvalue weighted by molar-refractivity contribution is -0.384. The summed E-state index contributed by atoms with van der Waals surface area (Å²) in [5.41, 5.74) is 0.575. The van der Waals surface area contributed by atoms with Crippen molar-refractivity contribution in [2.75, 3.05) is 26.6 Å². The third-order valence-corrected chi connectivity index (χ3v) is 5.11. The van der Waals surface area contributed by atoms with E-state index >= 15 is 0 Å². The van der Waals surface area contributed by atoms with E-state index in [0.29, 0.717) is 11.5 Å². The molecule has 0 amide bonds. The Morgan fingerprint density at radius 3 is 2.42 bits per heavy atom. The second kappa shape index (κ2) is 8.02. The van der Waals surface area contributed by atoms with Crippen molar-refractivity contribution in [2.24, 2.45) is 0 Å². The standard InChI is InChI=1S/C16H19N3O6S/c1-17-26(22,23)13-5-6-14(15(9-13)19(20)21)18-10-11-8-12(24-2)4-7-16(11)25-3/h4-9,17-18H,10H2,1-3H3. The van der Waals surface area contributed by atoms with Crippen LogP contribution in [0, 0.1) is 10.1 Å². The lowest BCUT2D eigenvalue weighted by atomic mass is 10.1.